The molecule has 5 nitrogen and oxygen atoms in total. The Hall–Kier alpha value is -2.24. The Labute approximate surface area is 107 Å². The summed E-state index contributed by atoms with van der Waals surface area (Å²) in [7, 11) is 0. The number of hydrogen-bond donors (Lipinski definition) is 1. The van der Waals surface area contributed by atoms with Gasteiger partial charge >= 0.3 is 5.97 Å². The van der Waals surface area contributed by atoms with Gasteiger partial charge in [-0.2, -0.15) is 0 Å². The zero-order valence-electron chi connectivity index (χ0n) is 10.2. The first-order valence-corrected chi connectivity index (χ1v) is 5.94. The molecule has 3 rings (SSSR count). The van der Waals surface area contributed by atoms with E-state index in [1.165, 1.54) is 13.1 Å². The molecule has 98 valence electrons. The molecular weight excluding hydrogens is 251 g/mol. The van der Waals surface area contributed by atoms with E-state index >= 15 is 0 Å². The molecule has 0 saturated heterocycles. The molecule has 2 heterocycles. The molecule has 0 radical (unpaired) electrons. The summed E-state index contributed by atoms with van der Waals surface area (Å²) in [5.74, 6) is -1.91. The SMILES string of the molecule is Cc1nc2c(cc1F)c(=O)c(C(=O)O)cn2C1CC1. The van der Waals surface area contributed by atoms with Gasteiger partial charge in [0, 0.05) is 12.2 Å². The fraction of sp³-hybridized carbons (Fsp3) is 0.308. The Balaban J connectivity index is 2.45. The summed E-state index contributed by atoms with van der Waals surface area (Å²) < 4.78 is 15.2. The molecule has 1 aliphatic carbocycles. The summed E-state index contributed by atoms with van der Waals surface area (Å²) in [6, 6.07) is 1.23. The van der Waals surface area contributed by atoms with E-state index in [-0.39, 0.29) is 22.7 Å². The van der Waals surface area contributed by atoms with E-state index in [9.17, 15) is 14.0 Å². The van der Waals surface area contributed by atoms with Crippen molar-refractivity contribution >= 4 is 17.0 Å². The van der Waals surface area contributed by atoms with E-state index in [2.05, 4.69) is 4.98 Å². The molecule has 0 spiro atoms. The first-order chi connectivity index (χ1) is 8.99. The van der Waals surface area contributed by atoms with Gasteiger partial charge in [0.1, 0.15) is 17.0 Å². The normalized spacial score (nSPS) is 14.8. The predicted octanol–water partition coefficient (Wildman–Crippen LogP) is 1.88. The van der Waals surface area contributed by atoms with Gasteiger partial charge in [-0.05, 0) is 25.8 Å². The number of aryl methyl sites for hydroxylation is 1. The van der Waals surface area contributed by atoms with E-state index < -0.39 is 17.2 Å². The predicted molar refractivity (Wildman–Crippen MR) is 65.9 cm³/mol. The highest BCUT2D eigenvalue weighted by Gasteiger charge is 2.27. The van der Waals surface area contributed by atoms with Crippen molar-refractivity contribution in [1.29, 1.82) is 0 Å². The van der Waals surface area contributed by atoms with Gasteiger partial charge in [-0.1, -0.05) is 0 Å². The maximum Gasteiger partial charge on any atom is 0.341 e. The summed E-state index contributed by atoms with van der Waals surface area (Å²) in [6.45, 7) is 1.52. The molecule has 0 bridgehead atoms. The van der Waals surface area contributed by atoms with E-state index in [1.807, 2.05) is 0 Å². The number of carbonyl (C=O) groups is 1. The molecule has 6 heteroatoms. The fourth-order valence-electron chi connectivity index (χ4n) is 2.12. The van der Waals surface area contributed by atoms with Crippen molar-refractivity contribution in [3.05, 3.63) is 39.6 Å². The molecule has 0 amide bonds. The number of carboxylic acid groups (broad SMARTS) is 1. The Bertz CT molecular complexity index is 763. The van der Waals surface area contributed by atoms with Crippen LogP contribution in [0.15, 0.2) is 17.1 Å². The Morgan fingerprint density at radius 1 is 1.53 bits per heavy atom. The topological polar surface area (TPSA) is 72.2 Å². The van der Waals surface area contributed by atoms with Gasteiger partial charge in [0.15, 0.2) is 0 Å². The maximum absolute atomic E-state index is 13.6. The van der Waals surface area contributed by atoms with Crippen LogP contribution in [0.5, 0.6) is 0 Å². The second-order valence-electron chi connectivity index (χ2n) is 4.74. The number of pyridine rings is 2. The first kappa shape index (κ1) is 11.8. The van der Waals surface area contributed by atoms with Crippen molar-refractivity contribution in [2.45, 2.75) is 25.8 Å². The van der Waals surface area contributed by atoms with Crippen molar-refractivity contribution in [2.24, 2.45) is 0 Å². The number of nitrogens with zero attached hydrogens (tertiary/aromatic N) is 2. The minimum Gasteiger partial charge on any atom is -0.477 e. The third-order valence-corrected chi connectivity index (χ3v) is 3.30. The van der Waals surface area contributed by atoms with Crippen LogP contribution in [0.25, 0.3) is 11.0 Å². The molecule has 2 aromatic heterocycles. The average Bonchev–Trinajstić information content (AvgIpc) is 3.16. The lowest BCUT2D eigenvalue weighted by molar-refractivity contribution is 0.0695. The highest BCUT2D eigenvalue weighted by Crippen LogP contribution is 2.36. The van der Waals surface area contributed by atoms with Gasteiger partial charge < -0.3 is 9.67 Å². The van der Waals surface area contributed by atoms with Crippen molar-refractivity contribution in [2.75, 3.05) is 0 Å². The highest BCUT2D eigenvalue weighted by molar-refractivity contribution is 5.91. The summed E-state index contributed by atoms with van der Waals surface area (Å²) in [6.07, 6.45) is 3.14. The molecule has 1 saturated carbocycles. The largest absolute Gasteiger partial charge is 0.477 e. The molecule has 19 heavy (non-hydrogen) atoms. The van der Waals surface area contributed by atoms with E-state index in [4.69, 9.17) is 5.11 Å². The van der Waals surface area contributed by atoms with Crippen LogP contribution >= 0.6 is 0 Å². The lowest BCUT2D eigenvalue weighted by Crippen LogP contribution is -2.19. The van der Waals surface area contributed by atoms with Crippen LogP contribution in [-0.2, 0) is 0 Å². The monoisotopic (exact) mass is 262 g/mol. The first-order valence-electron chi connectivity index (χ1n) is 5.94. The molecule has 0 aliphatic heterocycles. The summed E-state index contributed by atoms with van der Waals surface area (Å²) in [5.41, 5.74) is -0.476. The van der Waals surface area contributed by atoms with Crippen LogP contribution in [0.4, 0.5) is 4.39 Å². The second kappa shape index (κ2) is 3.88. The van der Waals surface area contributed by atoms with Gasteiger partial charge in [0.2, 0.25) is 5.43 Å². The molecule has 2 aromatic rings. The van der Waals surface area contributed by atoms with Crippen molar-refractivity contribution in [3.63, 3.8) is 0 Å². The second-order valence-corrected chi connectivity index (χ2v) is 4.74. The Morgan fingerprint density at radius 3 is 2.79 bits per heavy atom. The zero-order chi connectivity index (χ0) is 13.7. The smallest absolute Gasteiger partial charge is 0.341 e. The number of carboxylic acids is 1. The van der Waals surface area contributed by atoms with Crippen LogP contribution in [0.2, 0.25) is 0 Å². The lowest BCUT2D eigenvalue weighted by Gasteiger charge is -2.11. The number of aromatic carboxylic acids is 1. The van der Waals surface area contributed by atoms with Gasteiger partial charge in [0.05, 0.1) is 11.1 Å². The third-order valence-electron chi connectivity index (χ3n) is 3.30. The Morgan fingerprint density at radius 2 is 2.21 bits per heavy atom. The maximum atomic E-state index is 13.6. The van der Waals surface area contributed by atoms with Crippen LogP contribution in [0.3, 0.4) is 0 Å². The minimum atomic E-state index is -1.30. The summed E-state index contributed by atoms with van der Waals surface area (Å²) >= 11 is 0. The quantitative estimate of drug-likeness (QED) is 0.896. The van der Waals surface area contributed by atoms with Crippen LogP contribution < -0.4 is 5.43 Å². The molecule has 0 unspecified atom stereocenters. The molecular formula is C13H11FN2O3. The molecule has 1 N–H and O–H groups in total. The fourth-order valence-corrected chi connectivity index (χ4v) is 2.12. The molecule has 1 fully saturated rings. The van der Waals surface area contributed by atoms with Crippen LogP contribution in [0.1, 0.15) is 34.9 Å². The van der Waals surface area contributed by atoms with Crippen molar-refractivity contribution in [3.8, 4) is 0 Å². The number of rotatable bonds is 2. The van der Waals surface area contributed by atoms with Gasteiger partial charge in [-0.15, -0.1) is 0 Å². The standard InChI is InChI=1S/C13H11FN2O3/c1-6-10(14)4-8-11(17)9(13(18)19)5-16(7-2-3-7)12(8)15-6/h4-5,7H,2-3H2,1H3,(H,18,19). The average molecular weight is 262 g/mol. The van der Waals surface area contributed by atoms with Gasteiger partial charge in [-0.3, -0.25) is 4.79 Å². The summed E-state index contributed by atoms with van der Waals surface area (Å²) in [5, 5.41) is 9.07. The number of halogens is 1. The molecule has 0 atom stereocenters. The zero-order valence-corrected chi connectivity index (χ0v) is 10.2. The van der Waals surface area contributed by atoms with Crippen molar-refractivity contribution < 1.29 is 14.3 Å². The number of aromatic nitrogens is 2. The Kier molecular flexibility index (Phi) is 2.41. The van der Waals surface area contributed by atoms with E-state index in [1.54, 1.807) is 4.57 Å². The van der Waals surface area contributed by atoms with Crippen molar-refractivity contribution in [1.82, 2.24) is 9.55 Å². The number of fused-ring (bicyclic) bond motifs is 1. The highest BCUT2D eigenvalue weighted by atomic mass is 19.1. The lowest BCUT2D eigenvalue weighted by atomic mass is 10.1. The van der Waals surface area contributed by atoms with Crippen LogP contribution in [0, 0.1) is 12.7 Å². The van der Waals surface area contributed by atoms with Gasteiger partial charge in [-0.25, -0.2) is 14.2 Å². The van der Waals surface area contributed by atoms with Gasteiger partial charge in [0.25, 0.3) is 0 Å². The van der Waals surface area contributed by atoms with Crippen LogP contribution in [-0.4, -0.2) is 20.6 Å². The van der Waals surface area contributed by atoms with E-state index in [0.717, 1.165) is 18.9 Å². The summed E-state index contributed by atoms with van der Waals surface area (Å²) in [4.78, 5) is 27.2. The third kappa shape index (κ3) is 1.80. The molecule has 0 aromatic carbocycles. The van der Waals surface area contributed by atoms with E-state index in [0.29, 0.717) is 5.65 Å². The molecule has 1 aliphatic rings. The number of hydrogen-bond acceptors (Lipinski definition) is 3. The minimum absolute atomic E-state index is 0.0231.